The van der Waals surface area contributed by atoms with E-state index in [0.717, 1.165) is 41.5 Å². The maximum atomic E-state index is 11.7. The zero-order valence-corrected chi connectivity index (χ0v) is 15.8. The van der Waals surface area contributed by atoms with E-state index in [4.69, 9.17) is 9.84 Å². The maximum Gasteiger partial charge on any atom is 0.333 e. The highest BCUT2D eigenvalue weighted by molar-refractivity contribution is 5.86. The summed E-state index contributed by atoms with van der Waals surface area (Å²) < 4.78 is 5.35. The number of aryl methyl sites for hydroxylation is 2. The van der Waals surface area contributed by atoms with Gasteiger partial charge in [-0.15, -0.1) is 0 Å². The van der Waals surface area contributed by atoms with Gasteiger partial charge in [0.25, 0.3) is 0 Å². The Labute approximate surface area is 156 Å². The molecule has 0 radical (unpaired) electrons. The van der Waals surface area contributed by atoms with E-state index >= 15 is 0 Å². The number of benzene rings is 2. The van der Waals surface area contributed by atoms with Gasteiger partial charge in [0.15, 0.2) is 0 Å². The van der Waals surface area contributed by atoms with Crippen molar-refractivity contribution in [3.05, 3.63) is 71.3 Å². The predicted octanol–water partition coefficient (Wildman–Crippen LogP) is 4.85. The molecule has 0 aliphatic rings. The number of ether oxygens (including phenoxy) is 1. The lowest BCUT2D eigenvalue weighted by Crippen LogP contribution is -2.07. The van der Waals surface area contributed by atoms with Crippen LogP contribution in [0.5, 0.6) is 0 Å². The normalized spacial score (nSPS) is 10.6. The maximum absolute atomic E-state index is 11.7. The van der Waals surface area contributed by atoms with Crippen LogP contribution in [0.2, 0.25) is 0 Å². The van der Waals surface area contributed by atoms with Crippen LogP contribution < -0.4 is 0 Å². The van der Waals surface area contributed by atoms with Crippen molar-refractivity contribution in [2.75, 3.05) is 6.61 Å². The molecule has 3 nitrogen and oxygen atoms in total. The summed E-state index contributed by atoms with van der Waals surface area (Å²) in [6, 6.07) is 14.8. The van der Waals surface area contributed by atoms with Crippen molar-refractivity contribution in [1.29, 1.82) is 0 Å². The molecule has 0 bridgehead atoms. The standard InChI is InChI=1S/C23H28O3/c1-4-6-18-8-10-20(11-9-18)21-13-12-19(7-5-14-24)22(15-21)16-26-23(25)17(2)3/h8-13,15,24H,2,4-7,14,16H2,1,3H3. The molecule has 0 aliphatic heterocycles. The first-order chi connectivity index (χ1) is 12.5. The summed E-state index contributed by atoms with van der Waals surface area (Å²) in [5.41, 5.74) is 6.05. The number of hydrogen-bond donors (Lipinski definition) is 1. The fourth-order valence-electron chi connectivity index (χ4n) is 2.87. The first-order valence-corrected chi connectivity index (χ1v) is 9.19. The van der Waals surface area contributed by atoms with Crippen LogP contribution in [-0.4, -0.2) is 17.7 Å². The average molecular weight is 352 g/mol. The average Bonchev–Trinajstić information content (AvgIpc) is 2.65. The summed E-state index contributed by atoms with van der Waals surface area (Å²) in [7, 11) is 0. The van der Waals surface area contributed by atoms with Gasteiger partial charge >= 0.3 is 5.97 Å². The van der Waals surface area contributed by atoms with E-state index in [1.807, 2.05) is 0 Å². The van der Waals surface area contributed by atoms with Gasteiger partial charge in [-0.05, 0) is 60.1 Å². The fraction of sp³-hybridized carbons (Fsp3) is 0.348. The number of rotatable bonds is 9. The molecule has 2 aromatic rings. The largest absolute Gasteiger partial charge is 0.457 e. The third-order valence-electron chi connectivity index (χ3n) is 4.34. The number of carbonyl (C=O) groups is 1. The van der Waals surface area contributed by atoms with Crippen LogP contribution in [-0.2, 0) is 29.0 Å². The molecule has 138 valence electrons. The Balaban J connectivity index is 2.25. The van der Waals surface area contributed by atoms with Crippen LogP contribution in [0.25, 0.3) is 11.1 Å². The second-order valence-corrected chi connectivity index (χ2v) is 6.61. The van der Waals surface area contributed by atoms with Crippen LogP contribution in [0.1, 0.15) is 43.4 Å². The minimum atomic E-state index is -0.382. The summed E-state index contributed by atoms with van der Waals surface area (Å²) in [5.74, 6) is -0.382. The molecule has 0 aliphatic carbocycles. The molecule has 0 saturated heterocycles. The zero-order chi connectivity index (χ0) is 18.9. The van der Waals surface area contributed by atoms with E-state index in [1.54, 1.807) is 6.92 Å². The minimum absolute atomic E-state index is 0.144. The Kier molecular flexibility index (Phi) is 7.61. The third kappa shape index (κ3) is 5.57. The van der Waals surface area contributed by atoms with E-state index in [-0.39, 0.29) is 19.2 Å². The summed E-state index contributed by atoms with van der Waals surface area (Å²) in [6.07, 6.45) is 3.66. The van der Waals surface area contributed by atoms with Crippen molar-refractivity contribution in [2.45, 2.75) is 46.1 Å². The second kappa shape index (κ2) is 9.93. The highest BCUT2D eigenvalue weighted by atomic mass is 16.5. The molecule has 0 heterocycles. The van der Waals surface area contributed by atoms with Crippen molar-refractivity contribution >= 4 is 5.97 Å². The molecular weight excluding hydrogens is 324 g/mol. The van der Waals surface area contributed by atoms with Gasteiger partial charge in [0.1, 0.15) is 6.61 Å². The monoisotopic (exact) mass is 352 g/mol. The Morgan fingerprint density at radius 3 is 2.35 bits per heavy atom. The third-order valence-corrected chi connectivity index (χ3v) is 4.34. The molecule has 0 spiro atoms. The number of aliphatic hydroxyl groups is 1. The Hall–Kier alpha value is -2.39. The highest BCUT2D eigenvalue weighted by Crippen LogP contribution is 2.25. The molecule has 0 fully saturated rings. The predicted molar refractivity (Wildman–Crippen MR) is 106 cm³/mol. The van der Waals surface area contributed by atoms with Crippen LogP contribution in [0.3, 0.4) is 0 Å². The van der Waals surface area contributed by atoms with Gasteiger partial charge in [-0.3, -0.25) is 0 Å². The Morgan fingerprint density at radius 1 is 1.04 bits per heavy atom. The lowest BCUT2D eigenvalue weighted by molar-refractivity contribution is -0.140. The van der Waals surface area contributed by atoms with Gasteiger partial charge in [-0.2, -0.15) is 0 Å². The van der Waals surface area contributed by atoms with Gasteiger partial charge < -0.3 is 9.84 Å². The zero-order valence-electron chi connectivity index (χ0n) is 15.8. The molecule has 0 saturated carbocycles. The van der Waals surface area contributed by atoms with Crippen molar-refractivity contribution in [2.24, 2.45) is 0 Å². The topological polar surface area (TPSA) is 46.5 Å². The molecule has 26 heavy (non-hydrogen) atoms. The minimum Gasteiger partial charge on any atom is -0.457 e. The molecular formula is C23H28O3. The van der Waals surface area contributed by atoms with E-state index in [1.165, 1.54) is 5.56 Å². The lowest BCUT2D eigenvalue weighted by atomic mass is 9.96. The highest BCUT2D eigenvalue weighted by Gasteiger charge is 2.10. The SMILES string of the molecule is C=C(C)C(=O)OCc1cc(-c2ccc(CCC)cc2)ccc1CCCO. The molecule has 2 aromatic carbocycles. The van der Waals surface area contributed by atoms with Crippen molar-refractivity contribution in [3.63, 3.8) is 0 Å². The van der Waals surface area contributed by atoms with Crippen LogP contribution in [0, 0.1) is 0 Å². The van der Waals surface area contributed by atoms with Gasteiger partial charge in [0.2, 0.25) is 0 Å². The van der Waals surface area contributed by atoms with Crippen molar-refractivity contribution in [1.82, 2.24) is 0 Å². The van der Waals surface area contributed by atoms with Gasteiger partial charge in [0, 0.05) is 12.2 Å². The molecule has 2 rings (SSSR count). The molecule has 1 N–H and O–H groups in total. The van der Waals surface area contributed by atoms with Crippen molar-refractivity contribution in [3.8, 4) is 11.1 Å². The van der Waals surface area contributed by atoms with E-state index in [0.29, 0.717) is 12.0 Å². The van der Waals surface area contributed by atoms with Gasteiger partial charge in [0.05, 0.1) is 0 Å². The summed E-state index contributed by atoms with van der Waals surface area (Å²) in [4.78, 5) is 11.7. The molecule has 0 atom stereocenters. The Morgan fingerprint density at radius 2 is 1.73 bits per heavy atom. The quantitative estimate of drug-likeness (QED) is 0.518. The molecule has 3 heteroatoms. The van der Waals surface area contributed by atoms with Gasteiger partial charge in [-0.25, -0.2) is 4.79 Å². The summed E-state index contributed by atoms with van der Waals surface area (Å²) in [6.45, 7) is 7.80. The number of esters is 1. The van der Waals surface area contributed by atoms with Gasteiger partial charge in [-0.1, -0.05) is 56.3 Å². The lowest BCUT2D eigenvalue weighted by Gasteiger charge is -2.13. The van der Waals surface area contributed by atoms with Crippen LogP contribution in [0.15, 0.2) is 54.6 Å². The summed E-state index contributed by atoms with van der Waals surface area (Å²) >= 11 is 0. The molecule has 0 aromatic heterocycles. The fourth-order valence-corrected chi connectivity index (χ4v) is 2.87. The number of carbonyl (C=O) groups excluding carboxylic acids is 1. The molecule has 0 unspecified atom stereocenters. The first-order valence-electron chi connectivity index (χ1n) is 9.19. The van der Waals surface area contributed by atoms with E-state index in [2.05, 4.69) is 56.0 Å². The first kappa shape index (κ1) is 19.9. The smallest absolute Gasteiger partial charge is 0.333 e. The van der Waals surface area contributed by atoms with Crippen molar-refractivity contribution < 1.29 is 14.6 Å². The van der Waals surface area contributed by atoms with Crippen LogP contribution in [0.4, 0.5) is 0 Å². The number of hydrogen-bond acceptors (Lipinski definition) is 3. The molecule has 0 amide bonds. The van der Waals surface area contributed by atoms with E-state index < -0.39 is 0 Å². The Bertz CT molecular complexity index is 745. The number of aliphatic hydroxyl groups excluding tert-OH is 1. The van der Waals surface area contributed by atoms with E-state index in [9.17, 15) is 4.79 Å². The summed E-state index contributed by atoms with van der Waals surface area (Å²) in [5, 5.41) is 9.11. The van der Waals surface area contributed by atoms with Crippen LogP contribution >= 0.6 is 0 Å². The second-order valence-electron chi connectivity index (χ2n) is 6.61.